The quantitative estimate of drug-likeness (QED) is 0.673. The first-order valence-corrected chi connectivity index (χ1v) is 5.20. The molecule has 0 bridgehead atoms. The monoisotopic (exact) mass is 200 g/mol. The van der Waals surface area contributed by atoms with E-state index in [0.717, 1.165) is 5.75 Å². The molecule has 5 nitrogen and oxygen atoms in total. The van der Waals surface area contributed by atoms with Crippen LogP contribution >= 0.6 is 11.8 Å². The maximum Gasteiger partial charge on any atom is 0.182 e. The molecule has 1 heterocycles. The van der Waals surface area contributed by atoms with E-state index in [2.05, 4.69) is 15.4 Å². The first-order chi connectivity index (χ1) is 6.22. The molecule has 0 amide bonds. The van der Waals surface area contributed by atoms with E-state index in [-0.39, 0.29) is 5.78 Å². The lowest BCUT2D eigenvalue weighted by atomic mass is 10.3. The van der Waals surface area contributed by atoms with E-state index in [0.29, 0.717) is 18.0 Å². The molecule has 0 aliphatic carbocycles. The van der Waals surface area contributed by atoms with Crippen LogP contribution in [0.4, 0.5) is 0 Å². The first kappa shape index (κ1) is 10.2. The number of aryl methyl sites for hydroxylation is 1. The Morgan fingerprint density at radius 3 is 2.92 bits per heavy atom. The van der Waals surface area contributed by atoms with Crippen molar-refractivity contribution in [2.24, 2.45) is 7.05 Å². The number of hydrogen-bond donors (Lipinski definition) is 0. The Bertz CT molecular complexity index is 286. The first-order valence-electron chi connectivity index (χ1n) is 4.04. The van der Waals surface area contributed by atoms with Crippen LogP contribution in [-0.4, -0.2) is 37.5 Å². The molecule has 1 aromatic rings. The average molecular weight is 200 g/mol. The largest absolute Gasteiger partial charge is 0.298 e. The highest BCUT2D eigenvalue weighted by Gasteiger charge is 2.07. The summed E-state index contributed by atoms with van der Waals surface area (Å²) in [5, 5.41) is 11.3. The van der Waals surface area contributed by atoms with Crippen molar-refractivity contribution in [2.45, 2.75) is 13.3 Å². The smallest absolute Gasteiger partial charge is 0.182 e. The maximum atomic E-state index is 11.2. The van der Waals surface area contributed by atoms with Gasteiger partial charge >= 0.3 is 0 Å². The van der Waals surface area contributed by atoms with Gasteiger partial charge in [0.05, 0.1) is 19.2 Å². The van der Waals surface area contributed by atoms with Crippen LogP contribution < -0.4 is 0 Å². The minimum absolute atomic E-state index is 0.153. The van der Waals surface area contributed by atoms with Gasteiger partial charge in [-0.05, 0) is 11.0 Å². The zero-order valence-electron chi connectivity index (χ0n) is 7.73. The highest BCUT2D eigenvalue weighted by molar-refractivity contribution is 7.99. The molecule has 1 aromatic heterocycles. The molecule has 0 aliphatic heterocycles. The summed E-state index contributed by atoms with van der Waals surface area (Å²) >= 11 is 1.61. The Hall–Kier alpha value is -0.910. The lowest BCUT2D eigenvalue weighted by Gasteiger charge is -1.94. The summed E-state index contributed by atoms with van der Waals surface area (Å²) in [6, 6.07) is 0. The van der Waals surface area contributed by atoms with Crippen LogP contribution in [0, 0.1) is 0 Å². The summed E-state index contributed by atoms with van der Waals surface area (Å²) in [6.45, 7) is 2.03. The van der Waals surface area contributed by atoms with Gasteiger partial charge in [-0.1, -0.05) is 6.92 Å². The third-order valence-electron chi connectivity index (χ3n) is 1.37. The van der Waals surface area contributed by atoms with Crippen LogP contribution in [0.25, 0.3) is 0 Å². The molecule has 0 aromatic carbocycles. The molecule has 0 saturated heterocycles. The van der Waals surface area contributed by atoms with Crippen LogP contribution in [0.1, 0.15) is 12.7 Å². The van der Waals surface area contributed by atoms with Gasteiger partial charge in [0.1, 0.15) is 5.78 Å². The number of nitrogens with zero attached hydrogens (tertiary/aromatic N) is 4. The predicted molar refractivity (Wildman–Crippen MR) is 50.5 cm³/mol. The molecule has 13 heavy (non-hydrogen) atoms. The minimum Gasteiger partial charge on any atom is -0.298 e. The summed E-state index contributed by atoms with van der Waals surface area (Å²) in [5.41, 5.74) is 0. The zero-order chi connectivity index (χ0) is 9.68. The highest BCUT2D eigenvalue weighted by atomic mass is 32.2. The topological polar surface area (TPSA) is 60.7 Å². The number of hydrogen-bond acceptors (Lipinski definition) is 5. The Morgan fingerprint density at radius 1 is 1.62 bits per heavy atom. The number of Topliss-reactive ketones (excluding diaryl/α,β-unsaturated/α-hetero) is 1. The fourth-order valence-electron chi connectivity index (χ4n) is 0.837. The molecular formula is C7H12N4OS. The maximum absolute atomic E-state index is 11.2. The van der Waals surface area contributed by atoms with Crippen molar-refractivity contribution >= 4 is 17.5 Å². The number of ketones is 1. The predicted octanol–water partition coefficient (Wildman–Crippen LogP) is 0.0748. The van der Waals surface area contributed by atoms with Gasteiger partial charge in [-0.25, -0.2) is 0 Å². The Balaban J connectivity index is 2.36. The van der Waals surface area contributed by atoms with Crippen LogP contribution in [0.15, 0.2) is 0 Å². The van der Waals surface area contributed by atoms with E-state index in [1.54, 1.807) is 18.8 Å². The number of carbonyl (C=O) groups is 1. The molecule has 72 valence electrons. The molecular weight excluding hydrogens is 188 g/mol. The lowest BCUT2D eigenvalue weighted by molar-refractivity contribution is -0.116. The molecule has 0 radical (unpaired) electrons. The fraction of sp³-hybridized carbons (Fsp3) is 0.714. The fourth-order valence-corrected chi connectivity index (χ4v) is 1.37. The van der Waals surface area contributed by atoms with Gasteiger partial charge in [0.15, 0.2) is 5.82 Å². The Labute approximate surface area is 80.9 Å². The molecule has 0 spiro atoms. The van der Waals surface area contributed by atoms with Gasteiger partial charge in [-0.3, -0.25) is 4.79 Å². The third kappa shape index (κ3) is 3.54. The van der Waals surface area contributed by atoms with Crippen molar-refractivity contribution in [2.75, 3.05) is 11.5 Å². The van der Waals surface area contributed by atoms with Gasteiger partial charge < -0.3 is 0 Å². The Kier molecular flexibility index (Phi) is 3.88. The highest BCUT2D eigenvalue weighted by Crippen LogP contribution is 2.00. The molecule has 1 rings (SSSR count). The lowest BCUT2D eigenvalue weighted by Crippen LogP contribution is -2.07. The van der Waals surface area contributed by atoms with Gasteiger partial charge in [0.2, 0.25) is 0 Å². The standard InChI is InChI=1S/C7H12N4OS/c1-3-13-5-6(12)4-7-8-10-11(2)9-7/h3-5H2,1-2H3. The van der Waals surface area contributed by atoms with Gasteiger partial charge in [-0.15, -0.1) is 10.2 Å². The van der Waals surface area contributed by atoms with Crippen molar-refractivity contribution in [3.8, 4) is 0 Å². The van der Waals surface area contributed by atoms with Gasteiger partial charge in [-0.2, -0.15) is 16.6 Å². The van der Waals surface area contributed by atoms with Crippen molar-refractivity contribution in [1.29, 1.82) is 0 Å². The van der Waals surface area contributed by atoms with Crippen molar-refractivity contribution in [3.63, 3.8) is 0 Å². The molecule has 0 aliphatic rings. The summed E-state index contributed by atoms with van der Waals surface area (Å²) in [5.74, 6) is 2.15. The normalized spacial score (nSPS) is 10.3. The zero-order valence-corrected chi connectivity index (χ0v) is 8.54. The molecule has 0 fully saturated rings. The van der Waals surface area contributed by atoms with E-state index in [4.69, 9.17) is 0 Å². The van der Waals surface area contributed by atoms with E-state index >= 15 is 0 Å². The van der Waals surface area contributed by atoms with Crippen LogP contribution in [0.2, 0.25) is 0 Å². The van der Waals surface area contributed by atoms with Gasteiger partial charge in [0, 0.05) is 0 Å². The number of rotatable bonds is 5. The summed E-state index contributed by atoms with van der Waals surface area (Å²) in [6.07, 6.45) is 0.292. The van der Waals surface area contributed by atoms with Crippen molar-refractivity contribution in [1.82, 2.24) is 20.2 Å². The summed E-state index contributed by atoms with van der Waals surface area (Å²) < 4.78 is 0. The van der Waals surface area contributed by atoms with E-state index in [9.17, 15) is 4.79 Å². The summed E-state index contributed by atoms with van der Waals surface area (Å²) in [4.78, 5) is 12.6. The molecule has 0 atom stereocenters. The number of aromatic nitrogens is 4. The minimum atomic E-state index is 0.153. The average Bonchev–Trinajstić information content (AvgIpc) is 2.48. The second-order valence-electron chi connectivity index (χ2n) is 2.55. The molecule has 0 saturated carbocycles. The second kappa shape index (κ2) is 4.96. The van der Waals surface area contributed by atoms with Crippen LogP contribution in [0.5, 0.6) is 0 Å². The van der Waals surface area contributed by atoms with E-state index in [1.807, 2.05) is 6.92 Å². The van der Waals surface area contributed by atoms with Crippen LogP contribution in [0.3, 0.4) is 0 Å². The van der Waals surface area contributed by atoms with Crippen molar-refractivity contribution < 1.29 is 4.79 Å². The number of thioether (sulfide) groups is 1. The molecule has 0 N–H and O–H groups in total. The molecule has 6 heteroatoms. The SMILES string of the molecule is CCSCC(=O)Cc1nnn(C)n1. The number of carbonyl (C=O) groups excluding carboxylic acids is 1. The van der Waals surface area contributed by atoms with Crippen molar-refractivity contribution in [3.05, 3.63) is 5.82 Å². The van der Waals surface area contributed by atoms with E-state index in [1.165, 1.54) is 4.80 Å². The second-order valence-corrected chi connectivity index (χ2v) is 3.82. The number of tetrazole rings is 1. The van der Waals surface area contributed by atoms with E-state index < -0.39 is 0 Å². The third-order valence-corrected chi connectivity index (χ3v) is 2.31. The van der Waals surface area contributed by atoms with Crippen LogP contribution in [-0.2, 0) is 18.3 Å². The Morgan fingerprint density at radius 2 is 2.38 bits per heavy atom. The summed E-state index contributed by atoms with van der Waals surface area (Å²) in [7, 11) is 1.68. The van der Waals surface area contributed by atoms with Gasteiger partial charge in [0.25, 0.3) is 0 Å². The molecule has 0 unspecified atom stereocenters.